The fourth-order valence-electron chi connectivity index (χ4n) is 2.12. The zero-order valence-corrected chi connectivity index (χ0v) is 8.44. The Morgan fingerprint density at radius 1 is 1.13 bits per heavy atom. The van der Waals surface area contributed by atoms with Crippen LogP contribution in [0.5, 0.6) is 17.2 Å². The molecule has 1 fully saturated rings. The van der Waals surface area contributed by atoms with E-state index in [4.69, 9.17) is 5.11 Å². The average molecular weight is 210 g/mol. The summed E-state index contributed by atoms with van der Waals surface area (Å²) < 4.78 is 0. The molecule has 0 aliphatic heterocycles. The second-order valence-corrected chi connectivity index (χ2v) is 4.19. The van der Waals surface area contributed by atoms with E-state index in [1.807, 2.05) is 0 Å². The molecule has 0 amide bonds. The predicted octanol–water partition coefficient (Wildman–Crippen LogP) is 1.22. The van der Waals surface area contributed by atoms with Crippen molar-refractivity contribution in [2.45, 2.75) is 31.3 Å². The Hall–Kier alpha value is -1.42. The van der Waals surface area contributed by atoms with Crippen LogP contribution < -0.4 is 0 Å². The maximum absolute atomic E-state index is 9.67. The molecule has 15 heavy (non-hydrogen) atoms. The minimum absolute atomic E-state index is 0.161. The summed E-state index contributed by atoms with van der Waals surface area (Å²) in [7, 11) is 0. The normalized spacial score (nSPS) is 19.9. The minimum Gasteiger partial charge on any atom is -0.508 e. The van der Waals surface area contributed by atoms with Crippen molar-refractivity contribution in [2.75, 3.05) is 0 Å². The van der Waals surface area contributed by atoms with E-state index in [2.05, 4.69) is 0 Å². The van der Waals surface area contributed by atoms with Crippen molar-refractivity contribution >= 4 is 0 Å². The highest BCUT2D eigenvalue weighted by Crippen LogP contribution is 2.57. The zero-order valence-electron chi connectivity index (χ0n) is 8.44. The molecule has 4 nitrogen and oxygen atoms in total. The van der Waals surface area contributed by atoms with Gasteiger partial charge in [-0.3, -0.25) is 0 Å². The molecule has 82 valence electrons. The van der Waals surface area contributed by atoms with Gasteiger partial charge >= 0.3 is 0 Å². The number of benzene rings is 1. The number of phenols is 3. The van der Waals surface area contributed by atoms with Gasteiger partial charge in [0.25, 0.3) is 0 Å². The summed E-state index contributed by atoms with van der Waals surface area (Å²) in [6.07, 6.45) is 0.839. The van der Waals surface area contributed by atoms with Crippen LogP contribution in [0.15, 0.2) is 12.1 Å². The fourth-order valence-corrected chi connectivity index (χ4v) is 2.12. The van der Waals surface area contributed by atoms with Gasteiger partial charge in [0.2, 0.25) is 0 Å². The zero-order chi connectivity index (χ0) is 11.2. The smallest absolute Gasteiger partial charge is 0.126 e. The predicted molar refractivity (Wildman–Crippen MR) is 54.0 cm³/mol. The van der Waals surface area contributed by atoms with Crippen LogP contribution in [0, 0.1) is 0 Å². The molecule has 1 aliphatic carbocycles. The maximum atomic E-state index is 9.67. The molecule has 1 atom stereocenters. The molecule has 0 spiro atoms. The Kier molecular flexibility index (Phi) is 2.04. The first kappa shape index (κ1) is 10.1. The summed E-state index contributed by atoms with van der Waals surface area (Å²) in [6.45, 7) is 1.64. The largest absolute Gasteiger partial charge is 0.508 e. The summed E-state index contributed by atoms with van der Waals surface area (Å²) >= 11 is 0. The summed E-state index contributed by atoms with van der Waals surface area (Å²) in [5.74, 6) is -0.507. The Bertz CT molecular complexity index is 371. The van der Waals surface area contributed by atoms with Crippen molar-refractivity contribution in [1.82, 2.24) is 0 Å². The van der Waals surface area contributed by atoms with Gasteiger partial charge in [0, 0.05) is 23.1 Å². The van der Waals surface area contributed by atoms with Gasteiger partial charge in [-0.05, 0) is 19.8 Å². The molecule has 0 heterocycles. The van der Waals surface area contributed by atoms with E-state index in [1.165, 1.54) is 12.1 Å². The van der Waals surface area contributed by atoms with Gasteiger partial charge in [-0.2, -0.15) is 0 Å². The standard InChI is InChI=1S/C11H14O4/c1-6(12)11(2-3-11)10-8(14)4-7(13)5-9(10)15/h4-6,12-15H,2-3H2,1H3. The van der Waals surface area contributed by atoms with E-state index in [9.17, 15) is 15.3 Å². The van der Waals surface area contributed by atoms with Crippen molar-refractivity contribution in [3.05, 3.63) is 17.7 Å². The maximum Gasteiger partial charge on any atom is 0.126 e. The van der Waals surface area contributed by atoms with E-state index >= 15 is 0 Å². The number of aliphatic hydroxyl groups is 1. The van der Waals surface area contributed by atoms with Gasteiger partial charge in [0.1, 0.15) is 17.2 Å². The molecule has 1 aromatic carbocycles. The average Bonchev–Trinajstić information content (AvgIpc) is 2.83. The van der Waals surface area contributed by atoms with Crippen LogP contribution >= 0.6 is 0 Å². The van der Waals surface area contributed by atoms with Crippen LogP contribution in [-0.2, 0) is 5.41 Å². The molecular formula is C11H14O4. The Labute approximate surface area is 87.4 Å². The highest BCUT2D eigenvalue weighted by Gasteiger charge is 2.51. The number of aliphatic hydroxyl groups excluding tert-OH is 1. The van der Waals surface area contributed by atoms with Crippen LogP contribution in [0.3, 0.4) is 0 Å². The van der Waals surface area contributed by atoms with Gasteiger partial charge in [-0.25, -0.2) is 0 Å². The lowest BCUT2D eigenvalue weighted by Gasteiger charge is -2.21. The van der Waals surface area contributed by atoms with Crippen molar-refractivity contribution in [3.8, 4) is 17.2 Å². The molecule has 0 saturated heterocycles. The third-order valence-corrected chi connectivity index (χ3v) is 3.17. The molecule has 1 aromatic rings. The van der Waals surface area contributed by atoms with Crippen molar-refractivity contribution in [3.63, 3.8) is 0 Å². The van der Waals surface area contributed by atoms with Crippen LogP contribution in [0.4, 0.5) is 0 Å². The lowest BCUT2D eigenvalue weighted by atomic mass is 9.89. The fraction of sp³-hybridized carbons (Fsp3) is 0.455. The van der Waals surface area contributed by atoms with Crippen molar-refractivity contribution in [1.29, 1.82) is 0 Å². The Morgan fingerprint density at radius 3 is 1.93 bits per heavy atom. The Morgan fingerprint density at radius 2 is 1.60 bits per heavy atom. The number of rotatable bonds is 2. The lowest BCUT2D eigenvalue weighted by Crippen LogP contribution is -2.22. The highest BCUT2D eigenvalue weighted by atomic mass is 16.3. The van der Waals surface area contributed by atoms with Gasteiger partial charge in [0.15, 0.2) is 0 Å². The second kappa shape index (κ2) is 3.03. The molecule has 0 aromatic heterocycles. The quantitative estimate of drug-likeness (QED) is 0.591. The Balaban J connectivity index is 2.54. The van der Waals surface area contributed by atoms with Crippen LogP contribution in [0.25, 0.3) is 0 Å². The number of phenolic OH excluding ortho intramolecular Hbond substituents is 3. The number of hydrogen-bond acceptors (Lipinski definition) is 4. The first-order chi connectivity index (χ1) is 6.97. The minimum atomic E-state index is -0.626. The molecule has 0 bridgehead atoms. The molecule has 1 saturated carbocycles. The summed E-state index contributed by atoms with van der Waals surface area (Å²) in [6, 6.07) is 2.36. The SMILES string of the molecule is CC(O)C1(c2c(O)cc(O)cc2O)CC1. The molecule has 1 aliphatic rings. The van der Waals surface area contributed by atoms with Crippen LogP contribution in [0.2, 0.25) is 0 Å². The van der Waals surface area contributed by atoms with Crippen molar-refractivity contribution < 1.29 is 20.4 Å². The molecule has 0 radical (unpaired) electrons. The molecular weight excluding hydrogens is 196 g/mol. The first-order valence-corrected chi connectivity index (χ1v) is 4.91. The number of aromatic hydroxyl groups is 3. The highest BCUT2D eigenvalue weighted by molar-refractivity contribution is 5.55. The van der Waals surface area contributed by atoms with Gasteiger partial charge < -0.3 is 20.4 Å². The summed E-state index contributed by atoms with van der Waals surface area (Å²) in [4.78, 5) is 0. The van der Waals surface area contributed by atoms with Gasteiger partial charge in [-0.1, -0.05) is 0 Å². The van der Waals surface area contributed by atoms with E-state index in [0.29, 0.717) is 5.56 Å². The molecule has 1 unspecified atom stereocenters. The van der Waals surface area contributed by atoms with Gasteiger partial charge in [-0.15, -0.1) is 0 Å². The van der Waals surface area contributed by atoms with E-state index in [-0.39, 0.29) is 17.2 Å². The number of hydrogen-bond donors (Lipinski definition) is 4. The van der Waals surface area contributed by atoms with E-state index < -0.39 is 11.5 Å². The second-order valence-electron chi connectivity index (χ2n) is 4.19. The summed E-state index contributed by atoms with van der Waals surface area (Å²) in [5.41, 5.74) is -0.197. The van der Waals surface area contributed by atoms with Crippen LogP contribution in [-0.4, -0.2) is 26.5 Å². The molecule has 2 rings (SSSR count). The molecule has 4 N–H and O–H groups in total. The topological polar surface area (TPSA) is 80.9 Å². The van der Waals surface area contributed by atoms with E-state index in [1.54, 1.807) is 6.92 Å². The van der Waals surface area contributed by atoms with Gasteiger partial charge in [0.05, 0.1) is 6.10 Å². The molecule has 4 heteroatoms. The first-order valence-electron chi connectivity index (χ1n) is 4.91. The lowest BCUT2D eigenvalue weighted by molar-refractivity contribution is 0.147. The van der Waals surface area contributed by atoms with E-state index in [0.717, 1.165) is 12.8 Å². The summed E-state index contributed by atoms with van der Waals surface area (Å²) in [5, 5.41) is 38.1. The monoisotopic (exact) mass is 210 g/mol. The third-order valence-electron chi connectivity index (χ3n) is 3.17. The van der Waals surface area contributed by atoms with Crippen molar-refractivity contribution in [2.24, 2.45) is 0 Å². The van der Waals surface area contributed by atoms with Crippen LogP contribution in [0.1, 0.15) is 25.3 Å². The third kappa shape index (κ3) is 1.41.